The molecule has 0 unspecified atom stereocenters. The molecule has 1 aromatic heterocycles. The van der Waals surface area contributed by atoms with Gasteiger partial charge in [-0.2, -0.15) is 0 Å². The van der Waals surface area contributed by atoms with Crippen LogP contribution in [0.5, 0.6) is 0 Å². The summed E-state index contributed by atoms with van der Waals surface area (Å²) in [7, 11) is 0. The fourth-order valence-electron chi connectivity index (χ4n) is 1.77. The number of aromatic amines is 1. The number of aryl methyl sites for hydroxylation is 1. The first-order valence-corrected chi connectivity index (χ1v) is 5.12. The summed E-state index contributed by atoms with van der Waals surface area (Å²) in [5.41, 5.74) is 2.43. The molecule has 2 rings (SSSR count). The number of fused-ring (bicyclic) bond motifs is 1. The summed E-state index contributed by atoms with van der Waals surface area (Å²) in [6.07, 6.45) is 6.16. The summed E-state index contributed by atoms with van der Waals surface area (Å²) >= 11 is 0. The molecule has 1 heterocycles. The van der Waals surface area contributed by atoms with Gasteiger partial charge in [-0.15, -0.1) is 0 Å². The Morgan fingerprint density at radius 3 is 2.87 bits per heavy atom. The quantitative estimate of drug-likeness (QED) is 0.721. The minimum Gasteiger partial charge on any atom is -0.355 e. The molecule has 0 aliphatic carbocycles. The smallest absolute Gasteiger partial charge is 0.0464 e. The minimum absolute atomic E-state index is 0.980. The molecule has 1 nitrogen and oxygen atoms in total. The summed E-state index contributed by atoms with van der Waals surface area (Å²) in [4.78, 5) is 3.29. The molecule has 0 atom stereocenters. The molecule has 0 bridgehead atoms. The molecule has 1 aromatic carbocycles. The van der Waals surface area contributed by atoms with Crippen LogP contribution in [0.1, 0.15) is 12.5 Å². The highest BCUT2D eigenvalue weighted by molar-refractivity contribution is 5.82. The lowest BCUT2D eigenvalue weighted by Gasteiger charge is -1.91. The second kappa shape index (κ2) is 3.77. The lowest BCUT2D eigenvalue weighted by atomic mass is 10.1. The van der Waals surface area contributed by atoms with E-state index < -0.39 is 0 Å². The number of hydrogen-bond donors (Lipinski definition) is 1. The highest BCUT2D eigenvalue weighted by Gasteiger charge is 1.97. The Balaban J connectivity index is 2.88. The Morgan fingerprint density at radius 2 is 2.13 bits per heavy atom. The van der Waals surface area contributed by atoms with Gasteiger partial charge in [0.2, 0.25) is 0 Å². The topological polar surface area (TPSA) is 15.8 Å². The van der Waals surface area contributed by atoms with Crippen LogP contribution in [0.2, 0.25) is 0 Å². The Bertz CT molecular complexity index is 615. The van der Waals surface area contributed by atoms with Gasteiger partial charge >= 0.3 is 0 Å². The maximum atomic E-state index is 4.02. The molecule has 1 heteroatoms. The zero-order valence-electron chi connectivity index (χ0n) is 9.17. The average Bonchev–Trinajstić information content (AvgIpc) is 2.51. The largest absolute Gasteiger partial charge is 0.355 e. The van der Waals surface area contributed by atoms with Gasteiger partial charge in [0.05, 0.1) is 0 Å². The number of nitrogens with one attached hydrogen (secondary N) is 1. The third-order valence-corrected chi connectivity index (χ3v) is 2.53. The normalized spacial score (nSPS) is 13.1. The van der Waals surface area contributed by atoms with Gasteiger partial charge in [-0.1, -0.05) is 36.4 Å². The Kier molecular flexibility index (Phi) is 2.46. The van der Waals surface area contributed by atoms with E-state index in [-0.39, 0.29) is 0 Å². The molecule has 0 spiro atoms. The number of allylic oxidation sites excluding steroid dienone is 2. The molecule has 0 saturated carbocycles. The molecule has 0 radical (unpaired) electrons. The van der Waals surface area contributed by atoms with Gasteiger partial charge in [-0.05, 0) is 26.0 Å². The summed E-state index contributed by atoms with van der Waals surface area (Å²) in [6, 6.07) is 6.40. The first-order valence-electron chi connectivity index (χ1n) is 5.12. The van der Waals surface area contributed by atoms with E-state index >= 15 is 0 Å². The standard InChI is InChI=1S/C14H15N/c1-4-5-6-12-11(3)15-14-8-7-10(2)9-13(12)14/h4-9,15H,3H2,1-2H3/b5-4-,12-6+. The molecular weight excluding hydrogens is 182 g/mol. The van der Waals surface area contributed by atoms with E-state index in [0.29, 0.717) is 0 Å². The molecule has 1 N–H and O–H groups in total. The fourth-order valence-corrected chi connectivity index (χ4v) is 1.77. The summed E-state index contributed by atoms with van der Waals surface area (Å²) in [6.45, 7) is 8.14. The number of benzene rings is 1. The average molecular weight is 197 g/mol. The fraction of sp³-hybridized carbons (Fsp3) is 0.143. The van der Waals surface area contributed by atoms with Crippen molar-refractivity contribution in [2.24, 2.45) is 0 Å². The summed E-state index contributed by atoms with van der Waals surface area (Å²) < 4.78 is 0. The van der Waals surface area contributed by atoms with Crippen LogP contribution in [-0.2, 0) is 0 Å². The molecule has 0 fully saturated rings. The van der Waals surface area contributed by atoms with Gasteiger partial charge < -0.3 is 4.98 Å². The minimum atomic E-state index is 0.980. The van der Waals surface area contributed by atoms with Crippen molar-refractivity contribution >= 4 is 23.6 Å². The van der Waals surface area contributed by atoms with Crippen LogP contribution in [-0.4, -0.2) is 4.98 Å². The number of H-pyrrole nitrogens is 1. The van der Waals surface area contributed by atoms with Gasteiger partial charge in [-0.25, -0.2) is 0 Å². The van der Waals surface area contributed by atoms with Gasteiger partial charge in [-0.3, -0.25) is 0 Å². The third kappa shape index (κ3) is 1.73. The number of rotatable bonds is 1. The van der Waals surface area contributed by atoms with Crippen molar-refractivity contribution in [3.8, 4) is 0 Å². The van der Waals surface area contributed by atoms with Crippen molar-refractivity contribution in [1.82, 2.24) is 4.98 Å². The van der Waals surface area contributed by atoms with Gasteiger partial charge in [0.15, 0.2) is 0 Å². The molecule has 2 aromatic rings. The molecule has 0 amide bonds. The number of aromatic nitrogens is 1. The van der Waals surface area contributed by atoms with Crippen LogP contribution in [0.15, 0.2) is 30.4 Å². The van der Waals surface area contributed by atoms with Crippen LogP contribution in [0, 0.1) is 6.92 Å². The van der Waals surface area contributed by atoms with Gasteiger partial charge in [0, 0.05) is 21.5 Å². The van der Waals surface area contributed by atoms with Crippen molar-refractivity contribution in [2.45, 2.75) is 13.8 Å². The molecule has 0 aliphatic heterocycles. The highest BCUT2D eigenvalue weighted by Crippen LogP contribution is 2.07. The van der Waals surface area contributed by atoms with E-state index in [0.717, 1.165) is 10.9 Å². The summed E-state index contributed by atoms with van der Waals surface area (Å²) in [5.74, 6) is 0. The van der Waals surface area contributed by atoms with E-state index in [1.165, 1.54) is 16.2 Å². The third-order valence-electron chi connectivity index (χ3n) is 2.53. The molecule has 0 saturated heterocycles. The number of hydrogen-bond acceptors (Lipinski definition) is 0. The Hall–Kier alpha value is -1.76. The van der Waals surface area contributed by atoms with E-state index in [9.17, 15) is 0 Å². The predicted molar refractivity (Wildman–Crippen MR) is 67.1 cm³/mol. The van der Waals surface area contributed by atoms with Crippen molar-refractivity contribution in [3.63, 3.8) is 0 Å². The maximum Gasteiger partial charge on any atom is 0.0464 e. The molecular formula is C14H15N. The molecule has 76 valence electrons. The molecule has 0 aliphatic rings. The zero-order valence-corrected chi connectivity index (χ0v) is 9.17. The van der Waals surface area contributed by atoms with E-state index in [2.05, 4.69) is 42.8 Å². The van der Waals surface area contributed by atoms with Gasteiger partial charge in [0.25, 0.3) is 0 Å². The monoisotopic (exact) mass is 197 g/mol. The first-order chi connectivity index (χ1) is 7.22. The SMILES string of the molecule is C=c1[nH]c2ccc(C)cc2/c1=C/C=C\C. The van der Waals surface area contributed by atoms with Crippen LogP contribution in [0.25, 0.3) is 23.6 Å². The first kappa shape index (κ1) is 9.78. The highest BCUT2D eigenvalue weighted by atomic mass is 14.7. The Morgan fingerprint density at radius 1 is 1.33 bits per heavy atom. The van der Waals surface area contributed by atoms with E-state index in [1.54, 1.807) is 0 Å². The van der Waals surface area contributed by atoms with Gasteiger partial charge in [0.1, 0.15) is 0 Å². The van der Waals surface area contributed by atoms with Crippen LogP contribution in [0.3, 0.4) is 0 Å². The van der Waals surface area contributed by atoms with E-state index in [1.807, 2.05) is 19.1 Å². The second-order valence-corrected chi connectivity index (χ2v) is 3.76. The van der Waals surface area contributed by atoms with Crippen molar-refractivity contribution in [1.29, 1.82) is 0 Å². The van der Waals surface area contributed by atoms with Crippen LogP contribution < -0.4 is 10.6 Å². The molecule has 15 heavy (non-hydrogen) atoms. The Labute approximate surface area is 89.4 Å². The van der Waals surface area contributed by atoms with Crippen molar-refractivity contribution < 1.29 is 0 Å². The van der Waals surface area contributed by atoms with Crippen molar-refractivity contribution in [3.05, 3.63) is 46.5 Å². The zero-order chi connectivity index (χ0) is 10.8. The van der Waals surface area contributed by atoms with Crippen LogP contribution in [0.4, 0.5) is 0 Å². The lowest BCUT2D eigenvalue weighted by Crippen LogP contribution is -2.20. The lowest BCUT2D eigenvalue weighted by molar-refractivity contribution is 1.37. The maximum absolute atomic E-state index is 4.02. The predicted octanol–water partition coefficient (Wildman–Crippen LogP) is 2.24. The van der Waals surface area contributed by atoms with Crippen molar-refractivity contribution in [2.75, 3.05) is 0 Å². The van der Waals surface area contributed by atoms with Crippen LogP contribution >= 0.6 is 0 Å². The second-order valence-electron chi connectivity index (χ2n) is 3.76. The van der Waals surface area contributed by atoms with E-state index in [4.69, 9.17) is 0 Å². The summed E-state index contributed by atoms with van der Waals surface area (Å²) in [5, 5.41) is 3.42.